The zero-order valence-electron chi connectivity index (χ0n) is 12.3. The lowest BCUT2D eigenvalue weighted by Gasteiger charge is -2.35. The van der Waals surface area contributed by atoms with Crippen molar-refractivity contribution in [3.05, 3.63) is 29.8 Å². The molecule has 2 heterocycles. The van der Waals surface area contributed by atoms with E-state index in [2.05, 4.69) is 4.98 Å². The molecular formula is C15H23FN2O3. The number of aliphatic hydroxyl groups excluding tert-OH is 1. The van der Waals surface area contributed by atoms with E-state index in [0.717, 1.165) is 6.20 Å². The van der Waals surface area contributed by atoms with Gasteiger partial charge in [-0.1, -0.05) is 0 Å². The van der Waals surface area contributed by atoms with Gasteiger partial charge in [0.05, 0.1) is 23.6 Å². The molecule has 2 N–H and O–H groups in total. The van der Waals surface area contributed by atoms with Crippen LogP contribution in [0.15, 0.2) is 18.3 Å². The fourth-order valence-electron chi connectivity index (χ4n) is 2.57. The fourth-order valence-corrected chi connectivity index (χ4v) is 2.57. The summed E-state index contributed by atoms with van der Waals surface area (Å²) in [4.78, 5) is 5.87. The van der Waals surface area contributed by atoms with Crippen LogP contribution in [0.1, 0.15) is 31.1 Å². The third kappa shape index (κ3) is 5.00. The average Bonchev–Trinajstić information content (AvgIpc) is 2.46. The number of rotatable bonds is 6. The first-order valence-corrected chi connectivity index (χ1v) is 7.27. The molecule has 0 aliphatic carbocycles. The molecule has 6 heteroatoms. The largest absolute Gasteiger partial charge is 0.388 e. The molecule has 1 aliphatic rings. The third-order valence-electron chi connectivity index (χ3n) is 3.86. The van der Waals surface area contributed by atoms with Crippen LogP contribution in [0.5, 0.6) is 0 Å². The van der Waals surface area contributed by atoms with Crippen LogP contribution in [0.2, 0.25) is 0 Å². The van der Waals surface area contributed by atoms with Gasteiger partial charge in [0.2, 0.25) is 0 Å². The second-order valence-corrected chi connectivity index (χ2v) is 5.78. The van der Waals surface area contributed by atoms with Gasteiger partial charge in [-0.3, -0.25) is 4.98 Å². The van der Waals surface area contributed by atoms with E-state index in [1.807, 2.05) is 11.9 Å². The Hall–Kier alpha value is -1.08. The molecule has 0 bridgehead atoms. The maximum Gasteiger partial charge on any atom is 0.141 e. The van der Waals surface area contributed by atoms with E-state index in [-0.39, 0.29) is 0 Å². The minimum Gasteiger partial charge on any atom is -0.388 e. The Balaban J connectivity index is 1.77. The second kappa shape index (κ2) is 7.26. The zero-order chi connectivity index (χ0) is 15.3. The SMILES string of the molecule is CN(CCC(O)c1ccc(F)cn1)CC1(O)CCOCC1. The van der Waals surface area contributed by atoms with E-state index < -0.39 is 17.5 Å². The highest BCUT2D eigenvalue weighted by Crippen LogP contribution is 2.22. The molecule has 0 amide bonds. The Kier molecular flexibility index (Phi) is 5.64. The number of ether oxygens (including phenoxy) is 1. The summed E-state index contributed by atoms with van der Waals surface area (Å²) >= 11 is 0. The number of hydrogen-bond acceptors (Lipinski definition) is 5. The first-order chi connectivity index (χ1) is 9.98. The van der Waals surface area contributed by atoms with Crippen LogP contribution in [0.25, 0.3) is 0 Å². The molecule has 0 saturated carbocycles. The molecular weight excluding hydrogens is 275 g/mol. The number of likely N-dealkylation sites (N-methyl/N-ethyl adjacent to an activating group) is 1. The number of aliphatic hydroxyl groups is 2. The number of nitrogens with zero attached hydrogens (tertiary/aromatic N) is 2. The molecule has 1 atom stereocenters. The summed E-state index contributed by atoms with van der Waals surface area (Å²) in [6.45, 7) is 2.36. The molecule has 5 nitrogen and oxygen atoms in total. The molecule has 0 spiro atoms. The van der Waals surface area contributed by atoms with Gasteiger partial charge in [0, 0.05) is 39.1 Å². The molecule has 1 aromatic rings. The maximum atomic E-state index is 12.8. The predicted molar refractivity (Wildman–Crippen MR) is 76.3 cm³/mol. The van der Waals surface area contributed by atoms with Crippen LogP contribution in [0.4, 0.5) is 4.39 Å². The molecule has 0 radical (unpaired) electrons. The third-order valence-corrected chi connectivity index (χ3v) is 3.86. The van der Waals surface area contributed by atoms with Crippen molar-refractivity contribution in [1.29, 1.82) is 0 Å². The summed E-state index contributed by atoms with van der Waals surface area (Å²) < 4.78 is 18.0. The minimum absolute atomic E-state index is 0.412. The van der Waals surface area contributed by atoms with E-state index in [1.165, 1.54) is 12.1 Å². The van der Waals surface area contributed by atoms with E-state index >= 15 is 0 Å². The molecule has 1 aliphatic heterocycles. The Morgan fingerprint density at radius 3 is 2.76 bits per heavy atom. The van der Waals surface area contributed by atoms with E-state index in [1.54, 1.807) is 0 Å². The number of hydrogen-bond donors (Lipinski definition) is 2. The molecule has 0 aromatic carbocycles. The van der Waals surface area contributed by atoms with Crippen LogP contribution >= 0.6 is 0 Å². The van der Waals surface area contributed by atoms with Crippen LogP contribution < -0.4 is 0 Å². The second-order valence-electron chi connectivity index (χ2n) is 5.78. The van der Waals surface area contributed by atoms with Crippen LogP contribution in [0.3, 0.4) is 0 Å². The van der Waals surface area contributed by atoms with Crippen LogP contribution in [0, 0.1) is 5.82 Å². The first kappa shape index (κ1) is 16.3. The van der Waals surface area contributed by atoms with Gasteiger partial charge in [0.1, 0.15) is 5.82 Å². The molecule has 1 unspecified atom stereocenters. The topological polar surface area (TPSA) is 65.8 Å². The summed E-state index contributed by atoms with van der Waals surface area (Å²) in [6, 6.07) is 2.78. The van der Waals surface area contributed by atoms with Crippen molar-refractivity contribution < 1.29 is 19.3 Å². The van der Waals surface area contributed by atoms with Gasteiger partial charge in [-0.05, 0) is 25.6 Å². The quantitative estimate of drug-likeness (QED) is 0.824. The minimum atomic E-state index is -0.725. The average molecular weight is 298 g/mol. The molecule has 118 valence electrons. The fraction of sp³-hybridized carbons (Fsp3) is 0.667. The van der Waals surface area contributed by atoms with Gasteiger partial charge in [0.25, 0.3) is 0 Å². The summed E-state index contributed by atoms with van der Waals surface area (Å²) in [6.07, 6.45) is 2.14. The number of halogens is 1. The van der Waals surface area contributed by atoms with Crippen molar-refractivity contribution in [3.8, 4) is 0 Å². The van der Waals surface area contributed by atoms with Gasteiger partial charge in [0.15, 0.2) is 0 Å². The summed E-state index contributed by atoms with van der Waals surface area (Å²) in [7, 11) is 1.91. The van der Waals surface area contributed by atoms with Crippen molar-refractivity contribution in [1.82, 2.24) is 9.88 Å². The Bertz CT molecular complexity index is 435. The normalized spacial score (nSPS) is 19.7. The van der Waals surface area contributed by atoms with Crippen molar-refractivity contribution in [2.75, 3.05) is 33.4 Å². The van der Waals surface area contributed by atoms with Gasteiger partial charge in [-0.15, -0.1) is 0 Å². The zero-order valence-corrected chi connectivity index (χ0v) is 12.3. The Morgan fingerprint density at radius 1 is 1.43 bits per heavy atom. The Morgan fingerprint density at radius 2 is 2.14 bits per heavy atom. The van der Waals surface area contributed by atoms with Crippen molar-refractivity contribution in [2.45, 2.75) is 31.0 Å². The smallest absolute Gasteiger partial charge is 0.141 e. The summed E-state index contributed by atoms with van der Waals surface area (Å²) in [5.41, 5.74) is -0.235. The standard InChI is InChI=1S/C15H23FN2O3/c1-18(11-15(20)5-8-21-9-6-15)7-4-14(19)13-3-2-12(16)10-17-13/h2-3,10,14,19-20H,4-9,11H2,1H3. The summed E-state index contributed by atoms with van der Waals surface area (Å²) in [5.74, 6) is -0.412. The molecule has 1 fully saturated rings. The lowest BCUT2D eigenvalue weighted by molar-refractivity contribution is -0.0776. The van der Waals surface area contributed by atoms with E-state index in [0.29, 0.717) is 51.3 Å². The van der Waals surface area contributed by atoms with Crippen LogP contribution in [-0.2, 0) is 4.74 Å². The van der Waals surface area contributed by atoms with Crippen molar-refractivity contribution >= 4 is 0 Å². The highest BCUT2D eigenvalue weighted by Gasteiger charge is 2.31. The predicted octanol–water partition coefficient (Wildman–Crippen LogP) is 1.12. The van der Waals surface area contributed by atoms with Gasteiger partial charge < -0.3 is 19.8 Å². The van der Waals surface area contributed by atoms with Gasteiger partial charge >= 0.3 is 0 Å². The highest BCUT2D eigenvalue weighted by atomic mass is 19.1. The monoisotopic (exact) mass is 298 g/mol. The number of aromatic nitrogens is 1. The van der Waals surface area contributed by atoms with Crippen LogP contribution in [-0.4, -0.2) is 59.0 Å². The molecule has 1 aromatic heterocycles. The van der Waals surface area contributed by atoms with Crippen molar-refractivity contribution in [2.24, 2.45) is 0 Å². The highest BCUT2D eigenvalue weighted by molar-refractivity contribution is 5.07. The lowest BCUT2D eigenvalue weighted by atomic mass is 9.94. The maximum absolute atomic E-state index is 12.8. The van der Waals surface area contributed by atoms with Gasteiger partial charge in [-0.25, -0.2) is 4.39 Å². The lowest BCUT2D eigenvalue weighted by Crippen LogP contribution is -2.46. The molecule has 21 heavy (non-hydrogen) atoms. The number of pyridine rings is 1. The summed E-state index contributed by atoms with van der Waals surface area (Å²) in [5, 5.41) is 20.5. The van der Waals surface area contributed by atoms with E-state index in [9.17, 15) is 14.6 Å². The van der Waals surface area contributed by atoms with Gasteiger partial charge in [-0.2, -0.15) is 0 Å². The molecule has 1 saturated heterocycles. The molecule has 2 rings (SSSR count). The van der Waals surface area contributed by atoms with E-state index in [4.69, 9.17) is 4.74 Å². The van der Waals surface area contributed by atoms with Crippen molar-refractivity contribution in [3.63, 3.8) is 0 Å². The Labute approximate surface area is 124 Å². The first-order valence-electron chi connectivity index (χ1n) is 7.27.